The lowest BCUT2D eigenvalue weighted by molar-refractivity contribution is 0.248. The average Bonchev–Trinajstić information content (AvgIpc) is 2.57. The highest BCUT2D eigenvalue weighted by Gasteiger charge is 2.18. The molecular formula is C14H22N2O. The fourth-order valence-electron chi connectivity index (χ4n) is 2.40. The molecule has 0 spiro atoms. The van der Waals surface area contributed by atoms with E-state index in [4.69, 9.17) is 0 Å². The van der Waals surface area contributed by atoms with Crippen molar-refractivity contribution in [2.24, 2.45) is 0 Å². The Hall–Kier alpha value is -1.06. The maximum atomic E-state index is 9.32. The molecule has 0 aromatic heterocycles. The standard InChI is InChI=1S/C14H22N2O/c1-11-4-5-12(2)14(8-11)16-7-3-6-15-13(9-16)10-17/h4-5,8,13,15,17H,3,6-7,9-10H2,1-2H3. The van der Waals surface area contributed by atoms with Gasteiger partial charge in [0.15, 0.2) is 0 Å². The Balaban J connectivity index is 2.21. The number of hydrogen-bond acceptors (Lipinski definition) is 3. The van der Waals surface area contributed by atoms with Gasteiger partial charge in [-0.1, -0.05) is 12.1 Å². The number of aliphatic hydroxyl groups excluding tert-OH is 1. The highest BCUT2D eigenvalue weighted by molar-refractivity contribution is 5.55. The lowest BCUT2D eigenvalue weighted by Gasteiger charge is -2.27. The zero-order valence-electron chi connectivity index (χ0n) is 10.7. The van der Waals surface area contributed by atoms with Crippen molar-refractivity contribution in [1.82, 2.24) is 5.32 Å². The summed E-state index contributed by atoms with van der Waals surface area (Å²) in [5, 5.41) is 12.7. The summed E-state index contributed by atoms with van der Waals surface area (Å²) in [7, 11) is 0. The molecular weight excluding hydrogens is 212 g/mol. The molecule has 1 aromatic carbocycles. The number of rotatable bonds is 2. The number of benzene rings is 1. The summed E-state index contributed by atoms with van der Waals surface area (Å²) >= 11 is 0. The zero-order chi connectivity index (χ0) is 12.3. The third-order valence-electron chi connectivity index (χ3n) is 3.40. The summed E-state index contributed by atoms with van der Waals surface area (Å²) in [5.41, 5.74) is 3.92. The van der Waals surface area contributed by atoms with Gasteiger partial charge in [0.05, 0.1) is 6.61 Å². The molecule has 1 unspecified atom stereocenters. The second kappa shape index (κ2) is 5.52. The molecule has 1 heterocycles. The molecule has 0 amide bonds. The third-order valence-corrected chi connectivity index (χ3v) is 3.40. The van der Waals surface area contributed by atoms with Gasteiger partial charge >= 0.3 is 0 Å². The zero-order valence-corrected chi connectivity index (χ0v) is 10.7. The summed E-state index contributed by atoms with van der Waals surface area (Å²) in [5.74, 6) is 0. The van der Waals surface area contributed by atoms with Crippen LogP contribution in [-0.2, 0) is 0 Å². The van der Waals surface area contributed by atoms with E-state index < -0.39 is 0 Å². The normalized spacial score (nSPS) is 21.4. The van der Waals surface area contributed by atoms with E-state index in [1.807, 2.05) is 0 Å². The Morgan fingerprint density at radius 2 is 2.24 bits per heavy atom. The molecule has 1 aliphatic rings. The highest BCUT2D eigenvalue weighted by atomic mass is 16.3. The smallest absolute Gasteiger partial charge is 0.0601 e. The second-order valence-corrected chi connectivity index (χ2v) is 4.92. The lowest BCUT2D eigenvalue weighted by Crippen LogP contribution is -2.40. The first-order chi connectivity index (χ1) is 8.20. The summed E-state index contributed by atoms with van der Waals surface area (Å²) in [6, 6.07) is 6.77. The fourth-order valence-corrected chi connectivity index (χ4v) is 2.40. The molecule has 3 nitrogen and oxygen atoms in total. The van der Waals surface area contributed by atoms with Crippen LogP contribution in [0.5, 0.6) is 0 Å². The van der Waals surface area contributed by atoms with Gasteiger partial charge < -0.3 is 15.3 Å². The average molecular weight is 234 g/mol. The minimum absolute atomic E-state index is 0.192. The summed E-state index contributed by atoms with van der Waals surface area (Å²) in [6.45, 7) is 7.44. The highest BCUT2D eigenvalue weighted by Crippen LogP contribution is 2.22. The molecule has 0 radical (unpaired) electrons. The summed E-state index contributed by atoms with van der Waals surface area (Å²) < 4.78 is 0. The minimum atomic E-state index is 0.192. The fraction of sp³-hybridized carbons (Fsp3) is 0.571. The van der Waals surface area contributed by atoms with Crippen LogP contribution in [0.15, 0.2) is 18.2 Å². The lowest BCUT2D eigenvalue weighted by atomic mass is 10.1. The number of anilines is 1. The van der Waals surface area contributed by atoms with Crippen molar-refractivity contribution in [3.05, 3.63) is 29.3 Å². The van der Waals surface area contributed by atoms with Gasteiger partial charge in [-0.05, 0) is 44.0 Å². The Bertz CT molecular complexity index is 378. The van der Waals surface area contributed by atoms with Crippen LogP contribution in [0.1, 0.15) is 17.5 Å². The Morgan fingerprint density at radius 3 is 3.00 bits per heavy atom. The van der Waals surface area contributed by atoms with Crippen molar-refractivity contribution in [3.63, 3.8) is 0 Å². The van der Waals surface area contributed by atoms with Gasteiger partial charge in [0.2, 0.25) is 0 Å². The van der Waals surface area contributed by atoms with Gasteiger partial charge in [-0.15, -0.1) is 0 Å². The largest absolute Gasteiger partial charge is 0.395 e. The molecule has 1 aromatic rings. The van der Waals surface area contributed by atoms with Crippen LogP contribution in [0.3, 0.4) is 0 Å². The van der Waals surface area contributed by atoms with E-state index >= 15 is 0 Å². The molecule has 0 saturated carbocycles. The summed E-state index contributed by atoms with van der Waals surface area (Å²) in [4.78, 5) is 2.39. The predicted molar refractivity (Wildman–Crippen MR) is 71.6 cm³/mol. The van der Waals surface area contributed by atoms with E-state index in [1.54, 1.807) is 0 Å². The van der Waals surface area contributed by atoms with Crippen LogP contribution < -0.4 is 10.2 Å². The predicted octanol–water partition coefficient (Wildman–Crippen LogP) is 1.46. The minimum Gasteiger partial charge on any atom is -0.395 e. The third kappa shape index (κ3) is 2.99. The Morgan fingerprint density at radius 1 is 1.41 bits per heavy atom. The first-order valence-electron chi connectivity index (χ1n) is 6.37. The van der Waals surface area contributed by atoms with E-state index in [9.17, 15) is 5.11 Å². The van der Waals surface area contributed by atoms with Crippen molar-refractivity contribution in [2.45, 2.75) is 26.3 Å². The maximum Gasteiger partial charge on any atom is 0.0601 e. The van der Waals surface area contributed by atoms with Gasteiger partial charge in [0.25, 0.3) is 0 Å². The summed E-state index contributed by atoms with van der Waals surface area (Å²) in [6.07, 6.45) is 1.13. The van der Waals surface area contributed by atoms with Gasteiger partial charge in [-0.3, -0.25) is 0 Å². The van der Waals surface area contributed by atoms with Crippen molar-refractivity contribution in [3.8, 4) is 0 Å². The van der Waals surface area contributed by atoms with Crippen LogP contribution in [-0.4, -0.2) is 37.4 Å². The van der Waals surface area contributed by atoms with Crippen molar-refractivity contribution in [1.29, 1.82) is 0 Å². The molecule has 1 atom stereocenters. The Labute approximate surface area is 103 Å². The first-order valence-corrected chi connectivity index (χ1v) is 6.37. The van der Waals surface area contributed by atoms with Crippen LogP contribution in [0.2, 0.25) is 0 Å². The number of aliphatic hydroxyl groups is 1. The SMILES string of the molecule is Cc1ccc(C)c(N2CCCNC(CO)C2)c1. The molecule has 0 aliphatic carbocycles. The first kappa shape index (κ1) is 12.4. The molecule has 1 saturated heterocycles. The second-order valence-electron chi connectivity index (χ2n) is 4.92. The van der Waals surface area contributed by atoms with Crippen LogP contribution in [0, 0.1) is 13.8 Å². The van der Waals surface area contributed by atoms with Crippen molar-refractivity contribution in [2.75, 3.05) is 31.1 Å². The van der Waals surface area contributed by atoms with E-state index in [1.165, 1.54) is 16.8 Å². The van der Waals surface area contributed by atoms with Crippen molar-refractivity contribution < 1.29 is 5.11 Å². The van der Waals surface area contributed by atoms with Crippen LogP contribution in [0.25, 0.3) is 0 Å². The van der Waals surface area contributed by atoms with Crippen molar-refractivity contribution >= 4 is 5.69 Å². The van der Waals surface area contributed by atoms with Crippen LogP contribution >= 0.6 is 0 Å². The number of aryl methyl sites for hydroxylation is 2. The van der Waals surface area contributed by atoms with E-state index in [2.05, 4.69) is 42.3 Å². The van der Waals surface area contributed by atoms with Gasteiger partial charge in [0.1, 0.15) is 0 Å². The monoisotopic (exact) mass is 234 g/mol. The number of nitrogens with zero attached hydrogens (tertiary/aromatic N) is 1. The van der Waals surface area contributed by atoms with Crippen LogP contribution in [0.4, 0.5) is 5.69 Å². The molecule has 2 rings (SSSR count). The van der Waals surface area contributed by atoms with Gasteiger partial charge in [-0.25, -0.2) is 0 Å². The molecule has 3 heteroatoms. The molecule has 94 valence electrons. The molecule has 0 bridgehead atoms. The molecule has 2 N–H and O–H groups in total. The topological polar surface area (TPSA) is 35.5 Å². The molecule has 1 aliphatic heterocycles. The maximum absolute atomic E-state index is 9.32. The van der Waals surface area contributed by atoms with E-state index in [0.29, 0.717) is 0 Å². The van der Waals surface area contributed by atoms with Gasteiger partial charge in [-0.2, -0.15) is 0 Å². The Kier molecular flexibility index (Phi) is 4.02. The number of hydrogen-bond donors (Lipinski definition) is 2. The molecule has 17 heavy (non-hydrogen) atoms. The van der Waals surface area contributed by atoms with Gasteiger partial charge in [0, 0.05) is 24.8 Å². The van der Waals surface area contributed by atoms with E-state index in [0.717, 1.165) is 26.1 Å². The quantitative estimate of drug-likeness (QED) is 0.813. The molecule has 1 fully saturated rings. The number of nitrogens with one attached hydrogen (secondary N) is 1. The van der Waals surface area contributed by atoms with E-state index in [-0.39, 0.29) is 12.6 Å².